The molecule has 2 aromatic rings. The second-order valence-corrected chi connectivity index (χ2v) is 8.65. The summed E-state index contributed by atoms with van der Waals surface area (Å²) in [5.41, 5.74) is 2.91. The number of benzene rings is 2. The van der Waals surface area contributed by atoms with Gasteiger partial charge >= 0.3 is 5.97 Å². The largest absolute Gasteiger partial charge is 0.502 e. The molecule has 0 aromatic heterocycles. The van der Waals surface area contributed by atoms with Gasteiger partial charge in [-0.05, 0) is 41.0 Å². The van der Waals surface area contributed by atoms with Crippen LogP contribution in [-0.4, -0.2) is 38.7 Å². The number of hydrogen-bond donors (Lipinski definition) is 1. The highest BCUT2D eigenvalue weighted by Crippen LogP contribution is 2.57. The fourth-order valence-corrected chi connectivity index (χ4v) is 5.78. The maximum absolute atomic E-state index is 12.8. The van der Waals surface area contributed by atoms with Crippen LogP contribution in [0, 0.1) is 11.8 Å². The number of carbonyl (C=O) groups is 1. The van der Waals surface area contributed by atoms with E-state index < -0.39 is 0 Å². The van der Waals surface area contributed by atoms with Gasteiger partial charge in [0.05, 0.1) is 26.7 Å². The number of ether oxygens (including phenoxy) is 5. The number of esters is 1. The lowest BCUT2D eigenvalue weighted by molar-refractivity contribution is -0.141. The molecule has 1 saturated heterocycles. The summed E-state index contributed by atoms with van der Waals surface area (Å²) in [7, 11) is 2.97. The predicted octanol–water partition coefficient (Wildman–Crippen LogP) is 3.55. The SMILES string of the molecule is COc1cc([C@@H]2c3cc4c(cc3[C@H](I)[C@H]3COC(=O)[C@H]23)OCO4)cc(OC)c1O. The maximum atomic E-state index is 12.8. The monoisotopic (exact) mass is 510 g/mol. The van der Waals surface area contributed by atoms with E-state index in [1.807, 2.05) is 12.1 Å². The van der Waals surface area contributed by atoms with Gasteiger partial charge in [0.2, 0.25) is 12.5 Å². The highest BCUT2D eigenvalue weighted by molar-refractivity contribution is 14.1. The number of alkyl halides is 1. The molecule has 29 heavy (non-hydrogen) atoms. The van der Waals surface area contributed by atoms with E-state index >= 15 is 0 Å². The number of halogens is 1. The molecule has 7 nitrogen and oxygen atoms in total. The predicted molar refractivity (Wildman–Crippen MR) is 110 cm³/mol. The van der Waals surface area contributed by atoms with E-state index in [0.717, 1.165) is 16.7 Å². The van der Waals surface area contributed by atoms with E-state index in [0.29, 0.717) is 29.6 Å². The van der Waals surface area contributed by atoms with Crippen molar-refractivity contribution in [2.75, 3.05) is 27.6 Å². The first-order valence-electron chi connectivity index (χ1n) is 9.22. The lowest BCUT2D eigenvalue weighted by atomic mass is 9.67. The highest BCUT2D eigenvalue weighted by atomic mass is 127. The number of carbonyl (C=O) groups excluding carboxylic acids is 1. The first-order chi connectivity index (χ1) is 14.0. The molecule has 0 unspecified atom stereocenters. The summed E-state index contributed by atoms with van der Waals surface area (Å²) in [5.74, 6) is 1.09. The van der Waals surface area contributed by atoms with Crippen LogP contribution >= 0.6 is 22.6 Å². The molecule has 152 valence electrons. The van der Waals surface area contributed by atoms with Crippen LogP contribution in [-0.2, 0) is 9.53 Å². The lowest BCUT2D eigenvalue weighted by Gasteiger charge is -2.37. The Balaban J connectivity index is 1.75. The molecule has 0 bridgehead atoms. The van der Waals surface area contributed by atoms with E-state index in [1.165, 1.54) is 14.2 Å². The zero-order valence-electron chi connectivity index (χ0n) is 15.8. The smallest absolute Gasteiger partial charge is 0.310 e. The van der Waals surface area contributed by atoms with E-state index in [9.17, 15) is 9.90 Å². The molecule has 0 amide bonds. The van der Waals surface area contributed by atoms with Gasteiger partial charge in [-0.15, -0.1) is 0 Å². The molecule has 3 aliphatic rings. The molecule has 0 radical (unpaired) electrons. The van der Waals surface area contributed by atoms with E-state index in [1.54, 1.807) is 12.1 Å². The van der Waals surface area contributed by atoms with Crippen LogP contribution in [0.3, 0.4) is 0 Å². The van der Waals surface area contributed by atoms with Crippen molar-refractivity contribution in [1.29, 1.82) is 0 Å². The molecule has 1 N–H and O–H groups in total. The molecular formula is C21H19IO7. The molecule has 1 fully saturated rings. The Morgan fingerprint density at radius 3 is 2.24 bits per heavy atom. The minimum absolute atomic E-state index is 0.0340. The molecule has 4 atom stereocenters. The first kappa shape index (κ1) is 18.7. The summed E-state index contributed by atoms with van der Waals surface area (Å²) < 4.78 is 27.5. The standard InChI is InChI=1S/C21H19IO7/c1-25-15-3-9(4-16(26-2)20(15)23)17-10-5-13-14(29-8-28-13)6-11(10)19(22)12-7-27-21(24)18(12)17/h3-6,12,17-19,23H,7-8H2,1-2H3/t12-,17+,18-,19-/m0/s1. The van der Waals surface area contributed by atoms with Crippen LogP contribution in [0.1, 0.15) is 26.5 Å². The summed E-state index contributed by atoms with van der Waals surface area (Å²) in [6.45, 7) is 0.568. The summed E-state index contributed by atoms with van der Waals surface area (Å²) in [5, 5.41) is 10.3. The first-order valence-corrected chi connectivity index (χ1v) is 10.5. The maximum Gasteiger partial charge on any atom is 0.310 e. The van der Waals surface area contributed by atoms with Crippen molar-refractivity contribution in [2.45, 2.75) is 9.84 Å². The van der Waals surface area contributed by atoms with Crippen LogP contribution < -0.4 is 18.9 Å². The van der Waals surface area contributed by atoms with Crippen molar-refractivity contribution in [3.63, 3.8) is 0 Å². The lowest BCUT2D eigenvalue weighted by Crippen LogP contribution is -2.32. The number of rotatable bonds is 3. The zero-order valence-corrected chi connectivity index (χ0v) is 18.0. The molecule has 0 spiro atoms. The third kappa shape index (κ3) is 2.72. The third-order valence-electron chi connectivity index (χ3n) is 5.96. The topological polar surface area (TPSA) is 83.5 Å². The number of methoxy groups -OCH3 is 2. The normalized spacial score (nSPS) is 26.5. The van der Waals surface area contributed by atoms with Gasteiger partial charge in [0, 0.05) is 15.8 Å². The number of phenols is 1. The number of fused-ring (bicyclic) bond motifs is 3. The van der Waals surface area contributed by atoms with Gasteiger partial charge in [0.15, 0.2) is 23.0 Å². The van der Waals surface area contributed by atoms with Crippen LogP contribution in [0.5, 0.6) is 28.7 Å². The summed E-state index contributed by atoms with van der Waals surface area (Å²) >= 11 is 2.39. The number of hydrogen-bond acceptors (Lipinski definition) is 7. The van der Waals surface area contributed by atoms with Crippen molar-refractivity contribution in [2.24, 2.45) is 11.8 Å². The van der Waals surface area contributed by atoms with Gasteiger partial charge in [0.1, 0.15) is 0 Å². The Bertz CT molecular complexity index is 980. The molecule has 2 aromatic carbocycles. The fraction of sp³-hybridized carbons (Fsp3) is 0.381. The minimum atomic E-state index is -0.344. The van der Waals surface area contributed by atoms with Crippen LogP contribution in [0.4, 0.5) is 0 Å². The van der Waals surface area contributed by atoms with Crippen molar-refractivity contribution >= 4 is 28.6 Å². The Hall–Kier alpha value is -2.36. The molecular weight excluding hydrogens is 491 g/mol. The second kappa shape index (κ2) is 6.86. The van der Waals surface area contributed by atoms with Gasteiger partial charge in [-0.1, -0.05) is 22.6 Å². The van der Waals surface area contributed by atoms with E-state index in [2.05, 4.69) is 22.6 Å². The Labute approximate surface area is 181 Å². The summed E-state index contributed by atoms with van der Waals surface area (Å²) in [4.78, 5) is 12.8. The molecule has 0 saturated carbocycles. The highest BCUT2D eigenvalue weighted by Gasteiger charge is 2.51. The van der Waals surface area contributed by atoms with Gasteiger partial charge in [-0.25, -0.2) is 0 Å². The molecule has 5 rings (SSSR count). The van der Waals surface area contributed by atoms with Gasteiger partial charge in [0.25, 0.3) is 0 Å². The molecule has 2 heterocycles. The number of phenolic OH excluding ortho intramolecular Hbond substituents is 1. The van der Waals surface area contributed by atoms with Crippen molar-refractivity contribution < 1.29 is 33.6 Å². The Morgan fingerprint density at radius 2 is 1.62 bits per heavy atom. The van der Waals surface area contributed by atoms with Crippen molar-refractivity contribution in [3.8, 4) is 28.7 Å². The number of aromatic hydroxyl groups is 1. The zero-order chi connectivity index (χ0) is 20.3. The van der Waals surface area contributed by atoms with Crippen LogP contribution in [0.15, 0.2) is 24.3 Å². The average Bonchev–Trinajstić information content (AvgIpc) is 3.34. The van der Waals surface area contributed by atoms with E-state index in [4.69, 9.17) is 23.7 Å². The molecule has 8 heteroatoms. The van der Waals surface area contributed by atoms with E-state index in [-0.39, 0.29) is 40.2 Å². The van der Waals surface area contributed by atoms with Gasteiger partial charge in [-0.3, -0.25) is 4.79 Å². The Kier molecular flexibility index (Phi) is 4.41. The van der Waals surface area contributed by atoms with Gasteiger partial charge < -0.3 is 28.8 Å². The second-order valence-electron chi connectivity index (χ2n) is 7.31. The summed E-state index contributed by atoms with van der Waals surface area (Å²) in [6.07, 6.45) is 0. The quantitative estimate of drug-likeness (QED) is 0.384. The van der Waals surface area contributed by atoms with Gasteiger partial charge in [-0.2, -0.15) is 0 Å². The third-order valence-corrected chi connectivity index (χ3v) is 7.55. The average molecular weight is 510 g/mol. The molecule has 1 aliphatic carbocycles. The van der Waals surface area contributed by atoms with Crippen LogP contribution in [0.25, 0.3) is 0 Å². The molecule has 2 aliphatic heterocycles. The fourth-order valence-electron chi connectivity index (χ4n) is 4.59. The van der Waals surface area contributed by atoms with Crippen molar-refractivity contribution in [1.82, 2.24) is 0 Å². The number of cyclic esters (lactones) is 1. The van der Waals surface area contributed by atoms with Crippen molar-refractivity contribution in [3.05, 3.63) is 41.0 Å². The van der Waals surface area contributed by atoms with Crippen LogP contribution in [0.2, 0.25) is 0 Å². The Morgan fingerprint density at radius 1 is 1.00 bits per heavy atom. The summed E-state index contributed by atoms with van der Waals surface area (Å²) in [6, 6.07) is 7.48. The minimum Gasteiger partial charge on any atom is -0.502 e.